The zero-order chi connectivity index (χ0) is 19.5. The van der Waals surface area contributed by atoms with Crippen molar-refractivity contribution in [3.63, 3.8) is 0 Å². The number of hydrogen-bond donors (Lipinski definition) is 0. The van der Waals surface area contributed by atoms with E-state index in [2.05, 4.69) is 100 Å². The average molecular weight is 536 g/mol. The number of fused-ring (bicyclic) bond motifs is 2. The minimum atomic E-state index is 0. The first-order chi connectivity index (χ1) is 13.2. The summed E-state index contributed by atoms with van der Waals surface area (Å²) < 4.78 is 0. The van der Waals surface area contributed by atoms with Crippen molar-refractivity contribution in [2.24, 2.45) is 0 Å². The monoisotopic (exact) mass is 533 g/mol. The van der Waals surface area contributed by atoms with Gasteiger partial charge in [0.1, 0.15) is 0 Å². The number of rotatable bonds is 4. The molecule has 159 valence electrons. The molecule has 0 fully saturated rings. The van der Waals surface area contributed by atoms with E-state index in [4.69, 9.17) is 0 Å². The van der Waals surface area contributed by atoms with Gasteiger partial charge in [0.15, 0.2) is 0 Å². The summed E-state index contributed by atoms with van der Waals surface area (Å²) in [4.78, 5) is 0. The summed E-state index contributed by atoms with van der Waals surface area (Å²) >= 11 is 0. The Morgan fingerprint density at radius 2 is 1.00 bits per heavy atom. The second kappa shape index (κ2) is 18.0. The third-order valence-corrected chi connectivity index (χ3v) is 5.90. The Labute approximate surface area is 217 Å². The van der Waals surface area contributed by atoms with Gasteiger partial charge >= 0.3 is 26.2 Å². The largest absolute Gasteiger partial charge is 4.00 e. The molecule has 0 unspecified atom stereocenters. The van der Waals surface area contributed by atoms with Gasteiger partial charge in [-0.15, -0.1) is 81.2 Å². The van der Waals surface area contributed by atoms with E-state index >= 15 is 0 Å². The zero-order valence-corrected chi connectivity index (χ0v) is 23.7. The molecule has 0 heterocycles. The molecular weight excluding hydrogens is 503 g/mol. The van der Waals surface area contributed by atoms with E-state index in [1.165, 1.54) is 44.8 Å². The Morgan fingerprint density at radius 3 is 1.27 bits per heavy atom. The molecule has 0 spiro atoms. The second-order valence-electron chi connectivity index (χ2n) is 6.80. The Kier molecular flexibility index (Phi) is 18.9. The first kappa shape index (κ1) is 31.5. The summed E-state index contributed by atoms with van der Waals surface area (Å²) in [5.41, 5.74) is 2.87. The van der Waals surface area contributed by atoms with Crippen molar-refractivity contribution in [1.82, 2.24) is 0 Å². The van der Waals surface area contributed by atoms with E-state index in [1.807, 2.05) is 0 Å². The zero-order valence-electron chi connectivity index (χ0n) is 18.6. The number of halogens is 2. The summed E-state index contributed by atoms with van der Waals surface area (Å²) in [6.07, 6.45) is 2.27. The molecule has 0 amide bonds. The number of aryl methyl sites for hydroxylation is 2. The van der Waals surface area contributed by atoms with Gasteiger partial charge in [-0.25, -0.2) is 0 Å². The molecule has 0 saturated carbocycles. The number of hydrogen-bond acceptors (Lipinski definition) is 0. The van der Waals surface area contributed by atoms with E-state index in [1.54, 1.807) is 0 Å². The van der Waals surface area contributed by atoms with Gasteiger partial charge in [0, 0.05) is 9.52 Å². The minimum absolute atomic E-state index is 0. The summed E-state index contributed by atoms with van der Waals surface area (Å²) in [6, 6.07) is 28.9. The third-order valence-electron chi connectivity index (χ3n) is 4.75. The Hall–Kier alpha value is -0.660. The van der Waals surface area contributed by atoms with E-state index < -0.39 is 0 Å². The molecule has 30 heavy (non-hydrogen) atoms. The number of benzene rings is 2. The molecule has 0 aliphatic rings. The molecular formula is C26H33Cl2SiZr. The van der Waals surface area contributed by atoms with Crippen LogP contribution in [0.2, 0.25) is 12.1 Å². The molecule has 0 aliphatic heterocycles. The Morgan fingerprint density at radius 1 is 0.633 bits per heavy atom. The van der Waals surface area contributed by atoms with Gasteiger partial charge in [-0.05, 0) is 12.8 Å². The van der Waals surface area contributed by atoms with Gasteiger partial charge in [-0.3, -0.25) is 0 Å². The van der Waals surface area contributed by atoms with Crippen LogP contribution in [0.25, 0.3) is 21.5 Å². The second-order valence-corrected chi connectivity index (χ2v) is 9.01. The van der Waals surface area contributed by atoms with Crippen LogP contribution in [0.5, 0.6) is 0 Å². The van der Waals surface area contributed by atoms with E-state index in [-0.39, 0.29) is 51.0 Å². The molecule has 0 N–H and O–H groups in total. The molecule has 0 saturated heterocycles. The van der Waals surface area contributed by atoms with Crippen molar-refractivity contribution < 1.29 is 51.0 Å². The van der Waals surface area contributed by atoms with Crippen molar-refractivity contribution >= 4 is 31.1 Å². The van der Waals surface area contributed by atoms with Gasteiger partial charge in [0.2, 0.25) is 0 Å². The van der Waals surface area contributed by atoms with Crippen LogP contribution < -0.4 is 24.8 Å². The van der Waals surface area contributed by atoms with E-state index in [0.29, 0.717) is 0 Å². The van der Waals surface area contributed by atoms with Crippen LogP contribution in [0.4, 0.5) is 0 Å². The molecule has 0 aliphatic carbocycles. The van der Waals surface area contributed by atoms with Crippen LogP contribution in [0.3, 0.4) is 0 Å². The topological polar surface area (TPSA) is 0 Å². The van der Waals surface area contributed by atoms with Crippen LogP contribution >= 0.6 is 0 Å². The average Bonchev–Trinajstić information content (AvgIpc) is 3.32. The first-order valence-electron chi connectivity index (χ1n) is 10.3. The van der Waals surface area contributed by atoms with Crippen molar-refractivity contribution in [2.75, 3.05) is 0 Å². The summed E-state index contributed by atoms with van der Waals surface area (Å²) in [7, 11) is 0.815. The van der Waals surface area contributed by atoms with Crippen molar-refractivity contribution in [3.05, 3.63) is 83.9 Å². The fourth-order valence-corrected chi connectivity index (χ4v) is 3.70. The molecule has 0 bridgehead atoms. The maximum atomic E-state index is 2.26. The van der Waals surface area contributed by atoms with Crippen LogP contribution in [0.15, 0.2) is 72.8 Å². The molecule has 4 heteroatoms. The van der Waals surface area contributed by atoms with Crippen LogP contribution in [0, 0.1) is 0 Å². The molecule has 4 rings (SSSR count). The molecule has 4 aromatic carbocycles. The molecule has 0 atom stereocenters. The van der Waals surface area contributed by atoms with Gasteiger partial charge in [-0.2, -0.15) is 12.1 Å². The van der Waals surface area contributed by atoms with Crippen LogP contribution in [-0.2, 0) is 39.0 Å². The summed E-state index contributed by atoms with van der Waals surface area (Å²) in [6.45, 7) is 8.88. The first-order valence-corrected chi connectivity index (χ1v) is 11.9. The van der Waals surface area contributed by atoms with Crippen LogP contribution in [0.1, 0.15) is 38.8 Å². The fourth-order valence-electron chi connectivity index (χ4n) is 3.13. The van der Waals surface area contributed by atoms with E-state index in [9.17, 15) is 0 Å². The van der Waals surface area contributed by atoms with Crippen LogP contribution in [-0.4, -0.2) is 9.52 Å². The molecule has 1 radical (unpaired) electrons. The standard InChI is InChI=1S/2C11H11.C4H11Si.2ClH.Zr/c2*1-2-9-7-10-5-3-4-6-11(10)8-9;1-3-5-4-2;;;/h2*3-8H,2H2,1H3;5H,3-4H2,1-2H3;2*1H;/q2*-1;;;;+4/p-2. The third kappa shape index (κ3) is 10.1. The van der Waals surface area contributed by atoms with Gasteiger partial charge in [0.25, 0.3) is 0 Å². The Balaban J connectivity index is 0. The molecule has 0 aromatic heterocycles. The summed E-state index contributed by atoms with van der Waals surface area (Å²) in [5, 5.41) is 5.46. The van der Waals surface area contributed by atoms with Gasteiger partial charge in [0.05, 0.1) is 0 Å². The summed E-state index contributed by atoms with van der Waals surface area (Å²) in [5.74, 6) is 0. The normalized spacial score (nSPS) is 9.20. The Bertz CT molecular complexity index is 785. The maximum Gasteiger partial charge on any atom is 4.00 e. The van der Waals surface area contributed by atoms with E-state index in [0.717, 1.165) is 22.4 Å². The predicted octanol–water partition coefficient (Wildman–Crippen LogP) is 1.55. The quantitative estimate of drug-likeness (QED) is 0.275. The minimum Gasteiger partial charge on any atom is -1.00 e. The van der Waals surface area contributed by atoms with Crippen molar-refractivity contribution in [2.45, 2.75) is 52.6 Å². The predicted molar refractivity (Wildman–Crippen MR) is 126 cm³/mol. The SMILES string of the molecule is CC[SiH]CC.CCc1cc2ccccc2[cH-]1.CCc1cc2ccccc2[cH-]1.[Cl-].[Cl-].[Zr+4]. The molecule has 4 aromatic rings. The van der Waals surface area contributed by atoms with Crippen molar-refractivity contribution in [3.8, 4) is 0 Å². The van der Waals surface area contributed by atoms with Gasteiger partial charge in [-0.1, -0.05) is 51.9 Å². The van der Waals surface area contributed by atoms with Gasteiger partial charge < -0.3 is 24.8 Å². The fraction of sp³-hybridized carbons (Fsp3) is 0.308. The maximum absolute atomic E-state index is 2.26. The smallest absolute Gasteiger partial charge is 1.00 e. The molecule has 0 nitrogen and oxygen atoms in total. The van der Waals surface area contributed by atoms with Crippen molar-refractivity contribution in [1.29, 1.82) is 0 Å².